The highest BCUT2D eigenvalue weighted by atomic mass is 16.5. The molecule has 6 nitrogen and oxygen atoms in total. The van der Waals surface area contributed by atoms with Gasteiger partial charge in [0.05, 0.1) is 25.4 Å². The molecule has 0 aliphatic heterocycles. The average molecular weight is 227 g/mol. The summed E-state index contributed by atoms with van der Waals surface area (Å²) >= 11 is 0. The molecule has 0 saturated heterocycles. The van der Waals surface area contributed by atoms with E-state index in [-0.39, 0.29) is 37.5 Å². The Morgan fingerprint density at radius 2 is 2.12 bits per heavy atom. The molecule has 1 rings (SSSR count). The maximum atomic E-state index is 11.3. The maximum absolute atomic E-state index is 11.3. The fraction of sp³-hybridized carbons (Fsp3) is 0.400. The van der Waals surface area contributed by atoms with Crippen LogP contribution in [0.15, 0.2) is 23.1 Å². The SMILES string of the molecule is O=C(O)c1ccc(=O)n(CCOCCO)c1. The summed E-state index contributed by atoms with van der Waals surface area (Å²) < 4.78 is 6.25. The third-order valence-electron chi connectivity index (χ3n) is 1.94. The fourth-order valence-electron chi connectivity index (χ4n) is 1.16. The molecule has 0 spiro atoms. The van der Waals surface area contributed by atoms with Gasteiger partial charge in [-0.25, -0.2) is 4.79 Å². The number of ether oxygens (including phenoxy) is 1. The highest BCUT2D eigenvalue weighted by Crippen LogP contribution is 1.95. The van der Waals surface area contributed by atoms with E-state index in [1.807, 2.05) is 0 Å². The van der Waals surface area contributed by atoms with E-state index in [0.29, 0.717) is 0 Å². The van der Waals surface area contributed by atoms with Gasteiger partial charge in [0, 0.05) is 18.8 Å². The Balaban J connectivity index is 2.67. The lowest BCUT2D eigenvalue weighted by molar-refractivity contribution is 0.0694. The number of aliphatic hydroxyl groups is 1. The van der Waals surface area contributed by atoms with Crippen LogP contribution in [-0.2, 0) is 11.3 Å². The first-order chi connectivity index (χ1) is 7.65. The Morgan fingerprint density at radius 1 is 1.38 bits per heavy atom. The highest BCUT2D eigenvalue weighted by Gasteiger charge is 2.04. The largest absolute Gasteiger partial charge is 0.478 e. The zero-order chi connectivity index (χ0) is 12.0. The molecule has 1 aromatic rings. The van der Waals surface area contributed by atoms with E-state index in [0.717, 1.165) is 0 Å². The van der Waals surface area contributed by atoms with Crippen molar-refractivity contribution in [1.82, 2.24) is 4.57 Å². The van der Waals surface area contributed by atoms with Gasteiger partial charge in [0.2, 0.25) is 0 Å². The van der Waals surface area contributed by atoms with Gasteiger partial charge in [-0.15, -0.1) is 0 Å². The fourth-order valence-corrected chi connectivity index (χ4v) is 1.16. The highest BCUT2D eigenvalue weighted by molar-refractivity contribution is 5.87. The van der Waals surface area contributed by atoms with Crippen molar-refractivity contribution in [3.8, 4) is 0 Å². The molecular formula is C10H13NO5. The van der Waals surface area contributed by atoms with E-state index >= 15 is 0 Å². The lowest BCUT2D eigenvalue weighted by atomic mass is 10.3. The molecule has 0 aliphatic rings. The number of nitrogens with zero attached hydrogens (tertiary/aromatic N) is 1. The number of aromatic carboxylic acids is 1. The minimum Gasteiger partial charge on any atom is -0.478 e. The lowest BCUT2D eigenvalue weighted by Gasteiger charge is -2.06. The molecule has 0 aromatic carbocycles. The molecule has 2 N–H and O–H groups in total. The van der Waals surface area contributed by atoms with Crippen LogP contribution < -0.4 is 5.56 Å². The predicted molar refractivity (Wildman–Crippen MR) is 55.6 cm³/mol. The molecule has 0 amide bonds. The number of rotatable bonds is 6. The smallest absolute Gasteiger partial charge is 0.337 e. The zero-order valence-corrected chi connectivity index (χ0v) is 8.63. The summed E-state index contributed by atoms with van der Waals surface area (Å²) in [4.78, 5) is 22.0. The van der Waals surface area contributed by atoms with Crippen molar-refractivity contribution in [3.05, 3.63) is 34.2 Å². The van der Waals surface area contributed by atoms with Crippen LogP contribution in [0.2, 0.25) is 0 Å². The van der Waals surface area contributed by atoms with E-state index in [4.69, 9.17) is 14.9 Å². The third kappa shape index (κ3) is 3.48. The van der Waals surface area contributed by atoms with Gasteiger partial charge in [0.15, 0.2) is 0 Å². The Hall–Kier alpha value is -1.66. The Morgan fingerprint density at radius 3 is 2.75 bits per heavy atom. The van der Waals surface area contributed by atoms with Gasteiger partial charge in [-0.3, -0.25) is 4.79 Å². The second kappa shape index (κ2) is 6.04. The Bertz CT molecular complexity index is 412. The van der Waals surface area contributed by atoms with Gasteiger partial charge in [-0.05, 0) is 6.07 Å². The lowest BCUT2D eigenvalue weighted by Crippen LogP contribution is -2.22. The van der Waals surface area contributed by atoms with Crippen LogP contribution in [0.5, 0.6) is 0 Å². The summed E-state index contributed by atoms with van der Waals surface area (Å²) in [5.41, 5.74) is -0.223. The second-order valence-corrected chi connectivity index (χ2v) is 3.09. The molecule has 0 unspecified atom stereocenters. The van der Waals surface area contributed by atoms with Gasteiger partial charge >= 0.3 is 5.97 Å². The molecule has 6 heteroatoms. The topological polar surface area (TPSA) is 88.8 Å². The number of hydrogen-bond donors (Lipinski definition) is 2. The van der Waals surface area contributed by atoms with Crippen molar-refractivity contribution in [2.75, 3.05) is 19.8 Å². The first kappa shape index (κ1) is 12.4. The summed E-state index contributed by atoms with van der Waals surface area (Å²) in [6, 6.07) is 2.46. The molecule has 1 heterocycles. The summed E-state index contributed by atoms with van der Waals surface area (Å²) in [6.45, 7) is 0.640. The molecule has 0 saturated carbocycles. The van der Waals surface area contributed by atoms with E-state index in [2.05, 4.69) is 0 Å². The van der Waals surface area contributed by atoms with Gasteiger partial charge in [0.1, 0.15) is 0 Å². The summed E-state index contributed by atoms with van der Waals surface area (Å²) in [5.74, 6) is -1.08. The summed E-state index contributed by atoms with van der Waals surface area (Å²) in [7, 11) is 0. The van der Waals surface area contributed by atoms with Crippen LogP contribution in [0.1, 0.15) is 10.4 Å². The van der Waals surface area contributed by atoms with Crippen molar-refractivity contribution >= 4 is 5.97 Å². The van der Waals surface area contributed by atoms with Gasteiger partial charge in [0.25, 0.3) is 5.56 Å². The standard InChI is InChI=1S/C10H13NO5/c12-4-6-16-5-3-11-7-8(10(14)15)1-2-9(11)13/h1-2,7,12H,3-6H2,(H,14,15). The minimum absolute atomic E-state index is 0.0572. The van der Waals surface area contributed by atoms with Crippen molar-refractivity contribution < 1.29 is 19.7 Å². The Kier molecular flexibility index (Phi) is 4.68. The quantitative estimate of drug-likeness (QED) is 0.643. The number of carboxylic acid groups (broad SMARTS) is 1. The molecule has 0 atom stereocenters. The first-order valence-electron chi connectivity index (χ1n) is 4.77. The molecule has 16 heavy (non-hydrogen) atoms. The van der Waals surface area contributed by atoms with Crippen LogP contribution >= 0.6 is 0 Å². The van der Waals surface area contributed by atoms with Gasteiger partial charge in [-0.2, -0.15) is 0 Å². The second-order valence-electron chi connectivity index (χ2n) is 3.09. The number of aromatic nitrogens is 1. The number of carboxylic acids is 1. The van der Waals surface area contributed by atoms with Gasteiger partial charge < -0.3 is 19.5 Å². The maximum Gasteiger partial charge on any atom is 0.337 e. The van der Waals surface area contributed by atoms with E-state index < -0.39 is 5.97 Å². The van der Waals surface area contributed by atoms with Crippen LogP contribution in [0.25, 0.3) is 0 Å². The zero-order valence-electron chi connectivity index (χ0n) is 8.63. The Labute approximate surface area is 91.7 Å². The normalized spacial score (nSPS) is 10.3. The molecule has 0 fully saturated rings. The van der Waals surface area contributed by atoms with Crippen molar-refractivity contribution in [1.29, 1.82) is 0 Å². The summed E-state index contributed by atoms with van der Waals surface area (Å²) in [6.07, 6.45) is 1.27. The van der Waals surface area contributed by atoms with Crippen LogP contribution in [0.4, 0.5) is 0 Å². The number of aliphatic hydroxyl groups excluding tert-OH is 1. The molecule has 0 radical (unpaired) electrons. The summed E-state index contributed by atoms with van der Waals surface area (Å²) in [5, 5.41) is 17.2. The average Bonchev–Trinajstić information content (AvgIpc) is 2.26. The van der Waals surface area contributed by atoms with E-state index in [1.165, 1.54) is 22.9 Å². The van der Waals surface area contributed by atoms with Crippen LogP contribution in [0.3, 0.4) is 0 Å². The monoisotopic (exact) mass is 227 g/mol. The minimum atomic E-state index is -1.08. The number of carbonyl (C=O) groups is 1. The predicted octanol–water partition coefficient (Wildman–Crippen LogP) is -0.445. The number of pyridine rings is 1. The third-order valence-corrected chi connectivity index (χ3v) is 1.94. The molecular weight excluding hydrogens is 214 g/mol. The molecule has 1 aromatic heterocycles. The van der Waals surface area contributed by atoms with Crippen molar-refractivity contribution in [3.63, 3.8) is 0 Å². The molecule has 0 bridgehead atoms. The van der Waals surface area contributed by atoms with Crippen LogP contribution in [-0.4, -0.2) is 40.6 Å². The first-order valence-corrected chi connectivity index (χ1v) is 4.77. The van der Waals surface area contributed by atoms with Crippen LogP contribution in [0, 0.1) is 0 Å². The van der Waals surface area contributed by atoms with E-state index in [9.17, 15) is 9.59 Å². The van der Waals surface area contributed by atoms with Gasteiger partial charge in [-0.1, -0.05) is 0 Å². The number of hydrogen-bond acceptors (Lipinski definition) is 4. The van der Waals surface area contributed by atoms with E-state index in [1.54, 1.807) is 0 Å². The molecule has 0 aliphatic carbocycles. The van der Waals surface area contributed by atoms with Crippen molar-refractivity contribution in [2.24, 2.45) is 0 Å². The van der Waals surface area contributed by atoms with Crippen molar-refractivity contribution in [2.45, 2.75) is 6.54 Å². The molecule has 88 valence electrons.